The number of rotatable bonds is 6. The number of aliphatic hydroxyl groups is 1. The number of hydrogen-bond donors (Lipinski definition) is 4. The summed E-state index contributed by atoms with van der Waals surface area (Å²) in [5, 5.41) is 14.5. The SMILES string of the molecule is O=C(Nc1ccc(S(=O)(=O)NC2CC2)cc1)C(=O)NC1CCCCC1CO. The van der Waals surface area contributed by atoms with E-state index < -0.39 is 21.8 Å². The molecule has 1 aromatic rings. The lowest BCUT2D eigenvalue weighted by molar-refractivity contribution is -0.137. The molecule has 0 spiro atoms. The summed E-state index contributed by atoms with van der Waals surface area (Å²) in [5.74, 6) is -1.60. The molecule has 0 aromatic heterocycles. The third kappa shape index (κ3) is 5.27. The van der Waals surface area contributed by atoms with Gasteiger partial charge in [-0.15, -0.1) is 0 Å². The zero-order valence-corrected chi connectivity index (χ0v) is 15.8. The van der Waals surface area contributed by atoms with Crippen LogP contribution in [-0.2, 0) is 19.6 Å². The van der Waals surface area contributed by atoms with Gasteiger partial charge in [0.25, 0.3) is 0 Å². The van der Waals surface area contributed by atoms with Gasteiger partial charge in [-0.25, -0.2) is 13.1 Å². The minimum Gasteiger partial charge on any atom is -0.396 e. The molecular formula is C18H25N3O5S. The summed E-state index contributed by atoms with van der Waals surface area (Å²) in [4.78, 5) is 24.3. The third-order valence-electron chi connectivity index (χ3n) is 4.99. The van der Waals surface area contributed by atoms with E-state index in [1.165, 1.54) is 24.3 Å². The molecule has 148 valence electrons. The van der Waals surface area contributed by atoms with Gasteiger partial charge in [-0.05, 0) is 49.9 Å². The van der Waals surface area contributed by atoms with Gasteiger partial charge >= 0.3 is 11.8 Å². The zero-order valence-electron chi connectivity index (χ0n) is 15.0. The van der Waals surface area contributed by atoms with E-state index in [1.807, 2.05) is 0 Å². The molecule has 0 radical (unpaired) electrons. The summed E-state index contributed by atoms with van der Waals surface area (Å²) < 4.78 is 26.8. The zero-order chi connectivity index (χ0) is 19.4. The van der Waals surface area contributed by atoms with Crippen LogP contribution in [0.1, 0.15) is 38.5 Å². The van der Waals surface area contributed by atoms with Crippen molar-refractivity contribution in [3.05, 3.63) is 24.3 Å². The molecule has 2 fully saturated rings. The second-order valence-corrected chi connectivity index (χ2v) is 8.90. The fourth-order valence-electron chi connectivity index (χ4n) is 3.24. The smallest absolute Gasteiger partial charge is 0.313 e. The highest BCUT2D eigenvalue weighted by Crippen LogP contribution is 2.24. The van der Waals surface area contributed by atoms with Crippen molar-refractivity contribution in [2.75, 3.05) is 11.9 Å². The number of amides is 2. The molecule has 8 nitrogen and oxygen atoms in total. The number of sulfonamides is 1. The van der Waals surface area contributed by atoms with Gasteiger partial charge in [-0.3, -0.25) is 9.59 Å². The molecule has 0 bridgehead atoms. The molecular weight excluding hydrogens is 370 g/mol. The normalized spacial score (nSPS) is 22.9. The summed E-state index contributed by atoms with van der Waals surface area (Å²) in [6, 6.07) is 5.49. The summed E-state index contributed by atoms with van der Waals surface area (Å²) in [5.41, 5.74) is 0.336. The number of nitrogens with one attached hydrogen (secondary N) is 3. The van der Waals surface area contributed by atoms with Gasteiger partial charge in [0.1, 0.15) is 0 Å². The van der Waals surface area contributed by atoms with Crippen LogP contribution < -0.4 is 15.4 Å². The quantitative estimate of drug-likeness (QED) is 0.529. The predicted molar refractivity (Wildman–Crippen MR) is 99.4 cm³/mol. The van der Waals surface area contributed by atoms with Crippen LogP contribution in [0.4, 0.5) is 5.69 Å². The lowest BCUT2D eigenvalue weighted by atomic mass is 9.85. The van der Waals surface area contributed by atoms with E-state index in [9.17, 15) is 23.1 Å². The van der Waals surface area contributed by atoms with Gasteiger partial charge in [0.05, 0.1) is 4.90 Å². The van der Waals surface area contributed by atoms with E-state index in [-0.39, 0.29) is 29.5 Å². The average Bonchev–Trinajstić information content (AvgIpc) is 3.46. The molecule has 2 saturated carbocycles. The number of carbonyl (C=O) groups excluding carboxylic acids is 2. The maximum absolute atomic E-state index is 12.1. The van der Waals surface area contributed by atoms with E-state index in [0.717, 1.165) is 38.5 Å². The molecule has 2 aliphatic rings. The molecule has 2 atom stereocenters. The van der Waals surface area contributed by atoms with Gasteiger partial charge < -0.3 is 15.7 Å². The number of carbonyl (C=O) groups is 2. The Morgan fingerprint density at radius 3 is 2.30 bits per heavy atom. The second-order valence-electron chi connectivity index (χ2n) is 7.18. The van der Waals surface area contributed by atoms with Crippen molar-refractivity contribution in [2.45, 2.75) is 55.5 Å². The monoisotopic (exact) mass is 395 g/mol. The summed E-state index contributed by atoms with van der Waals surface area (Å²) >= 11 is 0. The second kappa shape index (κ2) is 8.37. The maximum Gasteiger partial charge on any atom is 0.313 e. The van der Waals surface area contributed by atoms with E-state index in [1.54, 1.807) is 0 Å². The Morgan fingerprint density at radius 1 is 1.00 bits per heavy atom. The van der Waals surface area contributed by atoms with Crippen LogP contribution in [-0.4, -0.2) is 44.0 Å². The standard InChI is InChI=1S/C18H25N3O5S/c22-11-12-3-1-2-4-16(12)20-18(24)17(23)19-13-7-9-15(10-8-13)27(25,26)21-14-5-6-14/h7-10,12,14,16,21-22H,1-6,11H2,(H,19,23)(H,20,24). The topological polar surface area (TPSA) is 125 Å². The minimum absolute atomic E-state index is 0.0145. The molecule has 0 saturated heterocycles. The lowest BCUT2D eigenvalue weighted by Crippen LogP contribution is -2.47. The van der Waals surface area contributed by atoms with Crippen molar-refractivity contribution in [2.24, 2.45) is 5.92 Å². The Bertz CT molecular complexity index is 790. The van der Waals surface area contributed by atoms with Crippen LogP contribution in [0.2, 0.25) is 0 Å². The lowest BCUT2D eigenvalue weighted by Gasteiger charge is -2.30. The first-order valence-electron chi connectivity index (χ1n) is 9.24. The van der Waals surface area contributed by atoms with E-state index in [4.69, 9.17) is 0 Å². The largest absolute Gasteiger partial charge is 0.396 e. The molecule has 2 unspecified atom stereocenters. The number of hydrogen-bond acceptors (Lipinski definition) is 5. The maximum atomic E-state index is 12.1. The Kier molecular flexibility index (Phi) is 6.13. The molecule has 2 aliphatic carbocycles. The Hall–Kier alpha value is -1.97. The van der Waals surface area contributed by atoms with Gasteiger partial charge in [0.2, 0.25) is 10.0 Å². The van der Waals surface area contributed by atoms with E-state index in [0.29, 0.717) is 5.69 Å². The van der Waals surface area contributed by atoms with E-state index in [2.05, 4.69) is 15.4 Å². The molecule has 0 heterocycles. The van der Waals surface area contributed by atoms with Crippen LogP contribution in [0, 0.1) is 5.92 Å². The Morgan fingerprint density at radius 2 is 1.67 bits per heavy atom. The number of benzene rings is 1. The molecule has 9 heteroatoms. The molecule has 27 heavy (non-hydrogen) atoms. The third-order valence-corrected chi connectivity index (χ3v) is 6.52. The molecule has 4 N–H and O–H groups in total. The fraction of sp³-hybridized carbons (Fsp3) is 0.556. The highest BCUT2D eigenvalue weighted by Gasteiger charge is 2.29. The molecule has 3 rings (SSSR count). The highest BCUT2D eigenvalue weighted by molar-refractivity contribution is 7.89. The first-order chi connectivity index (χ1) is 12.9. The van der Waals surface area contributed by atoms with E-state index >= 15 is 0 Å². The molecule has 2 amide bonds. The highest BCUT2D eigenvalue weighted by atomic mass is 32.2. The minimum atomic E-state index is -3.55. The Labute approximate surface area is 158 Å². The van der Waals surface area contributed by atoms with Crippen molar-refractivity contribution < 1.29 is 23.1 Å². The summed E-state index contributed by atoms with van der Waals surface area (Å²) in [6.45, 7) is -0.0165. The van der Waals surface area contributed by atoms with Crippen LogP contribution in [0.15, 0.2) is 29.2 Å². The van der Waals surface area contributed by atoms with Gasteiger partial charge in [-0.2, -0.15) is 0 Å². The van der Waals surface area contributed by atoms with Gasteiger partial charge in [0, 0.05) is 30.3 Å². The van der Waals surface area contributed by atoms with Gasteiger partial charge in [0.15, 0.2) is 0 Å². The van der Waals surface area contributed by atoms with Crippen LogP contribution >= 0.6 is 0 Å². The Balaban J connectivity index is 1.56. The molecule has 1 aromatic carbocycles. The van der Waals surface area contributed by atoms with Crippen molar-refractivity contribution in [1.29, 1.82) is 0 Å². The van der Waals surface area contributed by atoms with Crippen molar-refractivity contribution >= 4 is 27.5 Å². The predicted octanol–water partition coefficient (Wildman–Crippen LogP) is 0.733. The summed E-state index contributed by atoms with van der Waals surface area (Å²) in [7, 11) is -3.55. The number of anilines is 1. The average molecular weight is 395 g/mol. The van der Waals surface area contributed by atoms with Crippen LogP contribution in [0.5, 0.6) is 0 Å². The van der Waals surface area contributed by atoms with Crippen molar-refractivity contribution in [3.63, 3.8) is 0 Å². The summed E-state index contributed by atoms with van der Waals surface area (Å²) in [6.07, 6.45) is 5.22. The van der Waals surface area contributed by atoms with Gasteiger partial charge in [-0.1, -0.05) is 12.8 Å². The van der Waals surface area contributed by atoms with Crippen LogP contribution in [0.3, 0.4) is 0 Å². The number of aliphatic hydroxyl groups excluding tert-OH is 1. The van der Waals surface area contributed by atoms with Crippen molar-refractivity contribution in [3.8, 4) is 0 Å². The fourth-order valence-corrected chi connectivity index (χ4v) is 4.55. The van der Waals surface area contributed by atoms with Crippen molar-refractivity contribution in [1.82, 2.24) is 10.0 Å². The molecule has 0 aliphatic heterocycles. The van der Waals surface area contributed by atoms with Crippen LogP contribution in [0.25, 0.3) is 0 Å². The first-order valence-corrected chi connectivity index (χ1v) is 10.7. The first kappa shape index (κ1) is 19.8.